The van der Waals surface area contributed by atoms with Gasteiger partial charge in [0, 0.05) is 11.1 Å². The summed E-state index contributed by atoms with van der Waals surface area (Å²) >= 11 is 0. The molecule has 1 rings (SSSR count). The summed E-state index contributed by atoms with van der Waals surface area (Å²) in [6.07, 6.45) is 6.32. The molecule has 3 heteroatoms. The smallest absolute Gasteiger partial charge is 0.314 e. The molecule has 1 aromatic rings. The van der Waals surface area contributed by atoms with E-state index in [0.717, 1.165) is 30.4 Å². The molecule has 0 aromatic heterocycles. The van der Waals surface area contributed by atoms with Crippen LogP contribution < -0.4 is 4.74 Å². The predicted molar refractivity (Wildman–Crippen MR) is 114 cm³/mol. The summed E-state index contributed by atoms with van der Waals surface area (Å²) in [6.45, 7) is 16.6. The Hall–Kier alpha value is -1.51. The van der Waals surface area contributed by atoms with Crippen molar-refractivity contribution in [2.75, 3.05) is 0 Å². The van der Waals surface area contributed by atoms with Crippen molar-refractivity contribution in [1.29, 1.82) is 0 Å². The second-order valence-corrected chi connectivity index (χ2v) is 9.74. The van der Waals surface area contributed by atoms with Gasteiger partial charge in [0.15, 0.2) is 0 Å². The van der Waals surface area contributed by atoms with Crippen LogP contribution in [0.15, 0.2) is 12.1 Å². The average molecular weight is 377 g/mol. The number of phenols is 1. The van der Waals surface area contributed by atoms with Gasteiger partial charge < -0.3 is 9.84 Å². The van der Waals surface area contributed by atoms with Crippen molar-refractivity contribution in [3.05, 3.63) is 23.3 Å². The van der Waals surface area contributed by atoms with Crippen molar-refractivity contribution in [2.24, 2.45) is 5.92 Å². The number of rotatable bonds is 8. The number of carbonyl (C=O) groups is 1. The molecule has 0 bridgehead atoms. The van der Waals surface area contributed by atoms with Crippen LogP contribution in [-0.2, 0) is 15.6 Å². The van der Waals surface area contributed by atoms with Gasteiger partial charge in [-0.05, 0) is 35.8 Å². The maximum absolute atomic E-state index is 12.7. The highest BCUT2D eigenvalue weighted by Gasteiger charge is 2.28. The molecule has 0 amide bonds. The van der Waals surface area contributed by atoms with Crippen molar-refractivity contribution >= 4 is 5.97 Å². The van der Waals surface area contributed by atoms with Crippen LogP contribution in [0.4, 0.5) is 0 Å². The zero-order valence-corrected chi connectivity index (χ0v) is 18.7. The Morgan fingerprint density at radius 3 is 1.89 bits per heavy atom. The number of aromatic hydroxyl groups is 1. The summed E-state index contributed by atoms with van der Waals surface area (Å²) in [6, 6.07) is 3.65. The first kappa shape index (κ1) is 23.5. The molecule has 0 heterocycles. The Balaban J connectivity index is 3.09. The Morgan fingerprint density at radius 2 is 1.48 bits per heavy atom. The summed E-state index contributed by atoms with van der Waals surface area (Å²) in [7, 11) is 0. The predicted octanol–water partition coefficient (Wildman–Crippen LogP) is 6.89. The van der Waals surface area contributed by atoms with Crippen LogP contribution in [0, 0.1) is 5.92 Å². The molecular weight excluding hydrogens is 336 g/mol. The summed E-state index contributed by atoms with van der Waals surface area (Å²) in [5.74, 6) is 0.632. The normalized spacial score (nSPS) is 13.5. The van der Waals surface area contributed by atoms with Crippen LogP contribution in [-0.4, -0.2) is 11.1 Å². The van der Waals surface area contributed by atoms with Crippen molar-refractivity contribution in [2.45, 2.75) is 105 Å². The van der Waals surface area contributed by atoms with E-state index in [9.17, 15) is 9.90 Å². The minimum absolute atomic E-state index is 0.0631. The van der Waals surface area contributed by atoms with Crippen molar-refractivity contribution in [3.63, 3.8) is 0 Å². The highest BCUT2D eigenvalue weighted by atomic mass is 16.5. The zero-order chi connectivity index (χ0) is 20.8. The molecule has 0 aliphatic rings. The second-order valence-electron chi connectivity index (χ2n) is 9.74. The van der Waals surface area contributed by atoms with Gasteiger partial charge in [0.25, 0.3) is 0 Å². The quantitative estimate of drug-likeness (QED) is 0.305. The lowest BCUT2D eigenvalue weighted by Crippen LogP contribution is -2.22. The van der Waals surface area contributed by atoms with Crippen molar-refractivity contribution in [1.82, 2.24) is 0 Å². The van der Waals surface area contributed by atoms with E-state index in [1.165, 1.54) is 19.3 Å². The average Bonchev–Trinajstić information content (AvgIpc) is 2.54. The fraction of sp³-hybridized carbons (Fsp3) is 0.708. The number of esters is 1. The van der Waals surface area contributed by atoms with Gasteiger partial charge in [0.05, 0.1) is 5.92 Å². The molecule has 0 fully saturated rings. The minimum Gasteiger partial charge on any atom is -0.507 e. The van der Waals surface area contributed by atoms with Crippen LogP contribution in [0.3, 0.4) is 0 Å². The van der Waals surface area contributed by atoms with E-state index in [1.807, 2.05) is 19.1 Å². The lowest BCUT2D eigenvalue weighted by atomic mass is 9.79. The summed E-state index contributed by atoms with van der Waals surface area (Å²) in [5.41, 5.74) is 1.15. The maximum atomic E-state index is 12.7. The van der Waals surface area contributed by atoms with Crippen LogP contribution in [0.5, 0.6) is 11.5 Å². The van der Waals surface area contributed by atoms with E-state index < -0.39 is 0 Å². The third-order valence-corrected chi connectivity index (χ3v) is 5.15. The number of benzene rings is 1. The van der Waals surface area contributed by atoms with E-state index in [1.54, 1.807) is 0 Å². The third-order valence-electron chi connectivity index (χ3n) is 5.15. The Bertz CT molecular complexity index is 582. The number of unbranched alkanes of at least 4 members (excludes halogenated alkanes) is 3. The van der Waals surface area contributed by atoms with Crippen molar-refractivity contribution in [3.8, 4) is 11.5 Å². The van der Waals surface area contributed by atoms with E-state index in [2.05, 4.69) is 48.5 Å². The topological polar surface area (TPSA) is 46.5 Å². The van der Waals surface area contributed by atoms with E-state index in [0.29, 0.717) is 11.5 Å². The maximum Gasteiger partial charge on any atom is 0.314 e. The molecule has 0 spiro atoms. The number of hydrogen-bond donors (Lipinski definition) is 1. The van der Waals surface area contributed by atoms with Gasteiger partial charge >= 0.3 is 5.97 Å². The van der Waals surface area contributed by atoms with E-state index >= 15 is 0 Å². The van der Waals surface area contributed by atoms with Gasteiger partial charge in [0.2, 0.25) is 0 Å². The van der Waals surface area contributed by atoms with Gasteiger partial charge in [0.1, 0.15) is 11.5 Å². The molecular formula is C24H40O3. The van der Waals surface area contributed by atoms with E-state index in [-0.39, 0.29) is 22.7 Å². The molecule has 0 aliphatic carbocycles. The standard InChI is InChI=1S/C24H40O3/c1-9-11-12-13-14-17(10-2)22(26)27-18-15-19(23(3,4)5)21(25)20(16-18)24(6,7)8/h15-17,25H,9-14H2,1-8H3. The largest absolute Gasteiger partial charge is 0.507 e. The second kappa shape index (κ2) is 9.61. The van der Waals surface area contributed by atoms with Crippen LogP contribution in [0.1, 0.15) is 105 Å². The van der Waals surface area contributed by atoms with E-state index in [4.69, 9.17) is 4.74 Å². The fourth-order valence-corrected chi connectivity index (χ4v) is 3.32. The first-order chi connectivity index (χ1) is 12.4. The minimum atomic E-state index is -0.239. The van der Waals surface area contributed by atoms with Crippen LogP contribution >= 0.6 is 0 Å². The summed E-state index contributed by atoms with van der Waals surface area (Å²) < 4.78 is 5.80. The Morgan fingerprint density at radius 1 is 0.963 bits per heavy atom. The Labute approximate surface area is 166 Å². The first-order valence-electron chi connectivity index (χ1n) is 10.5. The highest BCUT2D eigenvalue weighted by Crippen LogP contribution is 2.41. The number of phenolic OH excluding ortho intramolecular Hbond substituents is 1. The molecule has 3 nitrogen and oxygen atoms in total. The van der Waals surface area contributed by atoms with Gasteiger partial charge in [-0.2, -0.15) is 0 Å². The number of carbonyl (C=O) groups excluding carboxylic acids is 1. The fourth-order valence-electron chi connectivity index (χ4n) is 3.32. The Kier molecular flexibility index (Phi) is 8.38. The van der Waals surface area contributed by atoms with Crippen LogP contribution in [0.25, 0.3) is 0 Å². The lowest BCUT2D eigenvalue weighted by molar-refractivity contribution is -0.139. The monoisotopic (exact) mass is 376 g/mol. The van der Waals surface area contributed by atoms with Gasteiger partial charge in [-0.1, -0.05) is 81.1 Å². The highest BCUT2D eigenvalue weighted by molar-refractivity contribution is 5.75. The molecule has 0 saturated carbocycles. The zero-order valence-electron chi connectivity index (χ0n) is 18.7. The molecule has 1 unspecified atom stereocenters. The van der Waals surface area contributed by atoms with Gasteiger partial charge in [-0.15, -0.1) is 0 Å². The van der Waals surface area contributed by atoms with Crippen molar-refractivity contribution < 1.29 is 14.6 Å². The van der Waals surface area contributed by atoms with Gasteiger partial charge in [-0.25, -0.2) is 0 Å². The molecule has 1 atom stereocenters. The molecule has 0 radical (unpaired) electrons. The molecule has 1 aromatic carbocycles. The third kappa shape index (κ3) is 6.86. The van der Waals surface area contributed by atoms with Gasteiger partial charge in [-0.3, -0.25) is 4.79 Å². The molecule has 1 N–H and O–H groups in total. The van der Waals surface area contributed by atoms with Crippen LogP contribution in [0.2, 0.25) is 0 Å². The molecule has 0 aliphatic heterocycles. The number of hydrogen-bond acceptors (Lipinski definition) is 3. The SMILES string of the molecule is CCCCCCC(CC)C(=O)Oc1cc(C(C)(C)C)c(O)c(C(C)(C)C)c1. The number of ether oxygens (including phenoxy) is 1. The summed E-state index contributed by atoms with van der Waals surface area (Å²) in [4.78, 5) is 12.7. The summed E-state index contributed by atoms with van der Waals surface area (Å²) in [5, 5.41) is 10.8. The first-order valence-corrected chi connectivity index (χ1v) is 10.5. The lowest BCUT2D eigenvalue weighted by Gasteiger charge is -2.28. The molecule has 0 saturated heterocycles. The molecule has 27 heavy (non-hydrogen) atoms. The molecule has 154 valence electrons.